The maximum Gasteiger partial charge on any atom is 0.227 e. The summed E-state index contributed by atoms with van der Waals surface area (Å²) in [5.74, 6) is 0.135. The maximum absolute atomic E-state index is 12.3. The van der Waals surface area contributed by atoms with Crippen LogP contribution in [0.3, 0.4) is 0 Å². The molecule has 3 aromatic rings. The first-order valence-corrected chi connectivity index (χ1v) is 9.23. The van der Waals surface area contributed by atoms with Gasteiger partial charge in [0, 0.05) is 36.1 Å². The van der Waals surface area contributed by atoms with E-state index in [2.05, 4.69) is 5.32 Å². The Kier molecular flexibility index (Phi) is 4.67. The zero-order chi connectivity index (χ0) is 18.8. The van der Waals surface area contributed by atoms with Gasteiger partial charge in [-0.1, -0.05) is 24.3 Å². The summed E-state index contributed by atoms with van der Waals surface area (Å²) in [5, 5.41) is 3.93. The molecule has 0 saturated carbocycles. The van der Waals surface area contributed by atoms with E-state index in [0.29, 0.717) is 13.0 Å². The third-order valence-corrected chi connectivity index (χ3v) is 4.97. The van der Waals surface area contributed by atoms with Crippen molar-refractivity contribution in [2.75, 3.05) is 11.4 Å². The summed E-state index contributed by atoms with van der Waals surface area (Å²) in [6.07, 6.45) is 3.49. The Morgan fingerprint density at radius 2 is 2.00 bits per heavy atom. The van der Waals surface area contributed by atoms with Gasteiger partial charge >= 0.3 is 0 Å². The monoisotopic (exact) mass is 362 g/mol. The fourth-order valence-corrected chi connectivity index (χ4v) is 3.48. The van der Waals surface area contributed by atoms with Crippen LogP contribution in [0.1, 0.15) is 29.5 Å². The van der Waals surface area contributed by atoms with Gasteiger partial charge in [0.2, 0.25) is 11.8 Å². The molecule has 1 saturated heterocycles. The van der Waals surface area contributed by atoms with Gasteiger partial charge < -0.3 is 14.6 Å². The number of nitrogens with one attached hydrogen (secondary N) is 1. The first kappa shape index (κ1) is 17.3. The Labute approximate surface area is 158 Å². The second-order valence-electron chi connectivity index (χ2n) is 7.03. The molecule has 2 aromatic carbocycles. The van der Waals surface area contributed by atoms with Gasteiger partial charge in [-0.2, -0.15) is 0 Å². The number of hydrogen-bond donors (Lipinski definition) is 1. The van der Waals surface area contributed by atoms with E-state index in [-0.39, 0.29) is 18.2 Å². The van der Waals surface area contributed by atoms with Crippen molar-refractivity contribution >= 4 is 28.5 Å². The Hall–Kier alpha value is -3.08. The molecule has 1 fully saturated rings. The van der Waals surface area contributed by atoms with Crippen LogP contribution in [-0.2, 0) is 22.6 Å². The van der Waals surface area contributed by atoms with Crippen molar-refractivity contribution in [2.45, 2.75) is 32.7 Å². The molecule has 2 amide bonds. The fraction of sp³-hybridized carbons (Fsp3) is 0.273. The third-order valence-electron chi connectivity index (χ3n) is 4.97. The molecule has 2 heterocycles. The van der Waals surface area contributed by atoms with Crippen LogP contribution >= 0.6 is 0 Å². The first-order chi connectivity index (χ1) is 13.1. The zero-order valence-corrected chi connectivity index (χ0v) is 15.3. The average molecular weight is 362 g/mol. The number of anilines is 1. The maximum atomic E-state index is 12.3. The van der Waals surface area contributed by atoms with Gasteiger partial charge in [-0.25, -0.2) is 0 Å². The summed E-state index contributed by atoms with van der Waals surface area (Å²) in [4.78, 5) is 25.9. The van der Waals surface area contributed by atoms with Crippen LogP contribution in [-0.4, -0.2) is 18.4 Å². The molecule has 0 atom stereocenters. The van der Waals surface area contributed by atoms with E-state index in [4.69, 9.17) is 4.42 Å². The van der Waals surface area contributed by atoms with Crippen LogP contribution in [0.2, 0.25) is 0 Å². The van der Waals surface area contributed by atoms with Gasteiger partial charge in [-0.05, 0) is 42.7 Å². The Balaban J connectivity index is 1.35. The van der Waals surface area contributed by atoms with Gasteiger partial charge in [0.15, 0.2) is 0 Å². The van der Waals surface area contributed by atoms with Gasteiger partial charge in [0.25, 0.3) is 0 Å². The van der Waals surface area contributed by atoms with Gasteiger partial charge in [0.1, 0.15) is 5.58 Å². The highest BCUT2D eigenvalue weighted by Gasteiger charge is 2.21. The predicted octanol–water partition coefficient (Wildman–Crippen LogP) is 3.73. The summed E-state index contributed by atoms with van der Waals surface area (Å²) in [6, 6.07) is 13.8. The van der Waals surface area contributed by atoms with E-state index in [1.54, 1.807) is 6.26 Å². The molecule has 1 aromatic heterocycles. The minimum Gasteiger partial charge on any atom is -0.464 e. The molecule has 0 unspecified atom stereocenters. The lowest BCUT2D eigenvalue weighted by atomic mass is 10.1. The molecule has 0 aliphatic carbocycles. The summed E-state index contributed by atoms with van der Waals surface area (Å²) < 4.78 is 5.55. The number of carbonyl (C=O) groups excluding carboxylic acids is 2. The molecule has 0 radical (unpaired) electrons. The smallest absolute Gasteiger partial charge is 0.227 e. The topological polar surface area (TPSA) is 62.6 Å². The van der Waals surface area contributed by atoms with E-state index >= 15 is 0 Å². The molecule has 5 nitrogen and oxygen atoms in total. The van der Waals surface area contributed by atoms with Gasteiger partial charge in [0.05, 0.1) is 12.7 Å². The molecular weight excluding hydrogens is 340 g/mol. The number of hydrogen-bond acceptors (Lipinski definition) is 3. The van der Waals surface area contributed by atoms with E-state index in [1.807, 2.05) is 54.3 Å². The second kappa shape index (κ2) is 7.27. The molecule has 138 valence electrons. The van der Waals surface area contributed by atoms with E-state index in [9.17, 15) is 9.59 Å². The van der Waals surface area contributed by atoms with Crippen molar-refractivity contribution in [3.63, 3.8) is 0 Å². The Bertz CT molecular complexity index is 988. The number of furan rings is 1. The molecule has 0 bridgehead atoms. The molecule has 0 spiro atoms. The SMILES string of the molecule is Cc1ccc2c(CC(=O)NCc3ccc(N4CCCC4=O)cc3)coc2c1. The second-order valence-corrected chi connectivity index (χ2v) is 7.03. The van der Waals surface area contributed by atoms with Gasteiger partial charge in [-0.15, -0.1) is 0 Å². The number of carbonyl (C=O) groups is 2. The predicted molar refractivity (Wildman–Crippen MR) is 105 cm³/mol. The van der Waals surface area contributed by atoms with Crippen molar-refractivity contribution < 1.29 is 14.0 Å². The molecule has 1 aliphatic heterocycles. The number of fused-ring (bicyclic) bond motifs is 1. The Morgan fingerprint density at radius 3 is 2.74 bits per heavy atom. The highest BCUT2D eigenvalue weighted by Crippen LogP contribution is 2.23. The van der Waals surface area contributed by atoms with E-state index in [1.165, 1.54) is 0 Å². The summed E-state index contributed by atoms with van der Waals surface area (Å²) >= 11 is 0. The zero-order valence-electron chi connectivity index (χ0n) is 15.3. The number of aryl methyl sites for hydroxylation is 1. The van der Waals surface area contributed by atoms with Crippen LogP contribution in [0, 0.1) is 6.92 Å². The van der Waals surface area contributed by atoms with Crippen molar-refractivity contribution in [3.8, 4) is 0 Å². The Morgan fingerprint density at radius 1 is 1.19 bits per heavy atom. The van der Waals surface area contributed by atoms with E-state index in [0.717, 1.165) is 46.3 Å². The lowest BCUT2D eigenvalue weighted by Gasteiger charge is -2.16. The van der Waals surface area contributed by atoms with Crippen molar-refractivity contribution in [1.82, 2.24) is 5.32 Å². The first-order valence-electron chi connectivity index (χ1n) is 9.23. The number of nitrogens with zero attached hydrogens (tertiary/aromatic N) is 1. The van der Waals surface area contributed by atoms with E-state index < -0.39 is 0 Å². The number of amides is 2. The average Bonchev–Trinajstić information content (AvgIpc) is 3.26. The van der Waals surface area contributed by atoms with Gasteiger partial charge in [-0.3, -0.25) is 9.59 Å². The van der Waals surface area contributed by atoms with Crippen LogP contribution in [0.5, 0.6) is 0 Å². The minimum absolute atomic E-state index is 0.0444. The summed E-state index contributed by atoms with van der Waals surface area (Å²) in [5.41, 5.74) is 4.77. The highest BCUT2D eigenvalue weighted by molar-refractivity contribution is 5.95. The summed E-state index contributed by atoms with van der Waals surface area (Å²) in [6.45, 7) is 3.26. The molecular formula is C22H22N2O3. The highest BCUT2D eigenvalue weighted by atomic mass is 16.3. The fourth-order valence-electron chi connectivity index (χ4n) is 3.48. The molecule has 1 N–H and O–H groups in total. The van der Waals surface area contributed by atoms with Crippen molar-refractivity contribution in [3.05, 3.63) is 65.4 Å². The third kappa shape index (κ3) is 3.72. The molecule has 1 aliphatic rings. The normalized spacial score (nSPS) is 14.1. The van der Waals surface area contributed by atoms with Crippen LogP contribution in [0.4, 0.5) is 5.69 Å². The van der Waals surface area contributed by atoms with Crippen LogP contribution in [0.25, 0.3) is 11.0 Å². The van der Waals surface area contributed by atoms with Crippen molar-refractivity contribution in [2.24, 2.45) is 0 Å². The molecule has 5 heteroatoms. The summed E-state index contributed by atoms with van der Waals surface area (Å²) in [7, 11) is 0. The minimum atomic E-state index is -0.0444. The lowest BCUT2D eigenvalue weighted by Crippen LogP contribution is -2.25. The number of benzene rings is 2. The van der Waals surface area contributed by atoms with Crippen LogP contribution in [0.15, 0.2) is 53.1 Å². The largest absolute Gasteiger partial charge is 0.464 e. The number of rotatable bonds is 5. The lowest BCUT2D eigenvalue weighted by molar-refractivity contribution is -0.120. The van der Waals surface area contributed by atoms with Crippen LogP contribution < -0.4 is 10.2 Å². The standard InChI is InChI=1S/C22H22N2O3/c1-15-4-9-19-17(14-27-20(19)11-15)12-21(25)23-13-16-5-7-18(8-6-16)24-10-2-3-22(24)26/h4-9,11,14H,2-3,10,12-13H2,1H3,(H,23,25). The molecule has 4 rings (SSSR count). The quantitative estimate of drug-likeness (QED) is 0.752. The molecule has 27 heavy (non-hydrogen) atoms. The van der Waals surface area contributed by atoms with Crippen molar-refractivity contribution in [1.29, 1.82) is 0 Å².